The van der Waals surface area contributed by atoms with Crippen molar-refractivity contribution in [1.82, 2.24) is 15.1 Å². The second-order valence-electron chi connectivity index (χ2n) is 7.09. The van der Waals surface area contributed by atoms with Crippen LogP contribution in [0.1, 0.15) is 59.7 Å². The molecule has 2 heterocycles. The van der Waals surface area contributed by atoms with Gasteiger partial charge >= 0.3 is 0 Å². The molecule has 4 amide bonds. The van der Waals surface area contributed by atoms with Gasteiger partial charge in [-0.1, -0.05) is 12.1 Å². The van der Waals surface area contributed by atoms with Crippen LogP contribution in [0.25, 0.3) is 0 Å². The molecule has 1 atom stereocenters. The minimum atomic E-state index is -0.560. The minimum absolute atomic E-state index is 0.0524. The third-order valence-corrected chi connectivity index (χ3v) is 5.08. The van der Waals surface area contributed by atoms with Crippen molar-refractivity contribution in [2.75, 3.05) is 19.6 Å². The largest absolute Gasteiger partial charge is 0.345 e. The van der Waals surface area contributed by atoms with Gasteiger partial charge in [-0.05, 0) is 44.7 Å². The van der Waals surface area contributed by atoms with Crippen molar-refractivity contribution >= 4 is 23.6 Å². The van der Waals surface area contributed by atoms with Crippen LogP contribution in [0.3, 0.4) is 0 Å². The minimum Gasteiger partial charge on any atom is -0.345 e. The lowest BCUT2D eigenvalue weighted by Gasteiger charge is -2.29. The molecule has 1 fully saturated rings. The third-order valence-electron chi connectivity index (χ3n) is 5.08. The van der Waals surface area contributed by atoms with Crippen molar-refractivity contribution < 1.29 is 19.2 Å². The summed E-state index contributed by atoms with van der Waals surface area (Å²) in [6, 6.07) is 6.16. The van der Waals surface area contributed by atoms with Crippen molar-refractivity contribution in [2.24, 2.45) is 0 Å². The number of piperidine rings is 1. The molecule has 2 aliphatic rings. The van der Waals surface area contributed by atoms with Crippen LogP contribution in [0.4, 0.5) is 0 Å². The first-order valence-electron chi connectivity index (χ1n) is 9.52. The summed E-state index contributed by atoms with van der Waals surface area (Å²) in [5.74, 6) is -0.929. The molecule has 3 rings (SSSR count). The average molecular weight is 371 g/mol. The fourth-order valence-corrected chi connectivity index (χ4v) is 3.60. The Hall–Kier alpha value is -2.70. The highest BCUT2D eigenvalue weighted by molar-refractivity contribution is 6.21. The molecule has 1 aromatic carbocycles. The number of carbonyl (C=O) groups is 4. The van der Waals surface area contributed by atoms with E-state index in [1.807, 2.05) is 0 Å². The Morgan fingerprint density at radius 1 is 1.04 bits per heavy atom. The lowest BCUT2D eigenvalue weighted by atomic mass is 10.1. The molecule has 144 valence electrons. The van der Waals surface area contributed by atoms with E-state index in [1.165, 1.54) is 4.90 Å². The van der Waals surface area contributed by atoms with Crippen LogP contribution < -0.4 is 5.32 Å². The molecule has 1 N–H and O–H groups in total. The number of fused-ring (bicyclic) bond motifs is 1. The van der Waals surface area contributed by atoms with E-state index in [1.54, 1.807) is 36.1 Å². The Labute approximate surface area is 158 Å². The van der Waals surface area contributed by atoms with Crippen LogP contribution in [-0.2, 0) is 9.59 Å². The van der Waals surface area contributed by atoms with E-state index in [0.717, 1.165) is 32.4 Å². The van der Waals surface area contributed by atoms with E-state index in [2.05, 4.69) is 5.32 Å². The zero-order chi connectivity index (χ0) is 19.4. The van der Waals surface area contributed by atoms with Crippen molar-refractivity contribution in [3.05, 3.63) is 35.4 Å². The zero-order valence-electron chi connectivity index (χ0n) is 15.6. The summed E-state index contributed by atoms with van der Waals surface area (Å²) in [4.78, 5) is 52.0. The van der Waals surface area contributed by atoms with Crippen LogP contribution >= 0.6 is 0 Å². The number of nitrogens with one attached hydrogen (secondary N) is 1. The quantitative estimate of drug-likeness (QED) is 0.769. The number of rotatable bonds is 6. The Kier molecular flexibility index (Phi) is 5.88. The smallest absolute Gasteiger partial charge is 0.261 e. The standard InChI is InChI=1S/C20H25N3O4/c1-14(18(25)22-11-5-2-6-12-22)21-17(24)10-7-13-23-19(26)15-8-3-4-9-16(15)20(23)27/h3-4,8-9,14H,2,5-7,10-13H2,1H3,(H,21,24)/t14-/m1/s1. The molecule has 0 aliphatic carbocycles. The predicted molar refractivity (Wildman–Crippen MR) is 99.1 cm³/mol. The van der Waals surface area contributed by atoms with Gasteiger partial charge in [-0.15, -0.1) is 0 Å². The van der Waals surface area contributed by atoms with Gasteiger partial charge in [0.05, 0.1) is 11.1 Å². The maximum atomic E-state index is 12.3. The Bertz CT molecular complexity index is 720. The second-order valence-corrected chi connectivity index (χ2v) is 7.09. The van der Waals surface area contributed by atoms with Crippen LogP contribution in [-0.4, -0.2) is 59.1 Å². The molecular formula is C20H25N3O4. The normalized spacial score (nSPS) is 17.7. The topological polar surface area (TPSA) is 86.8 Å². The van der Waals surface area contributed by atoms with E-state index < -0.39 is 6.04 Å². The first-order valence-corrected chi connectivity index (χ1v) is 9.52. The lowest BCUT2D eigenvalue weighted by Crippen LogP contribution is -2.48. The van der Waals surface area contributed by atoms with Gasteiger partial charge in [-0.25, -0.2) is 0 Å². The van der Waals surface area contributed by atoms with Gasteiger partial charge in [0.2, 0.25) is 11.8 Å². The van der Waals surface area contributed by atoms with E-state index in [9.17, 15) is 19.2 Å². The third kappa shape index (κ3) is 4.18. The number of benzene rings is 1. The number of carbonyl (C=O) groups excluding carboxylic acids is 4. The van der Waals surface area contributed by atoms with E-state index in [-0.39, 0.29) is 36.6 Å². The molecule has 0 spiro atoms. The molecule has 0 unspecified atom stereocenters. The summed E-state index contributed by atoms with van der Waals surface area (Å²) in [6.45, 7) is 3.38. The molecule has 27 heavy (non-hydrogen) atoms. The highest BCUT2D eigenvalue weighted by Crippen LogP contribution is 2.22. The summed E-state index contributed by atoms with van der Waals surface area (Å²) >= 11 is 0. The number of imide groups is 1. The molecule has 1 saturated heterocycles. The molecule has 0 saturated carbocycles. The van der Waals surface area contributed by atoms with Crippen molar-refractivity contribution in [2.45, 2.75) is 45.1 Å². The van der Waals surface area contributed by atoms with Crippen molar-refractivity contribution in [1.29, 1.82) is 0 Å². The van der Waals surface area contributed by atoms with E-state index >= 15 is 0 Å². The van der Waals surface area contributed by atoms with E-state index in [0.29, 0.717) is 17.5 Å². The lowest BCUT2D eigenvalue weighted by molar-refractivity contribution is -0.136. The number of likely N-dealkylation sites (tertiary alicyclic amines) is 1. The number of hydrogen-bond donors (Lipinski definition) is 1. The van der Waals surface area contributed by atoms with Gasteiger partial charge in [0, 0.05) is 26.1 Å². The van der Waals surface area contributed by atoms with Crippen molar-refractivity contribution in [3.63, 3.8) is 0 Å². The number of amides is 4. The maximum Gasteiger partial charge on any atom is 0.261 e. The van der Waals surface area contributed by atoms with Gasteiger partial charge < -0.3 is 10.2 Å². The Balaban J connectivity index is 1.44. The van der Waals surface area contributed by atoms with Gasteiger partial charge in [-0.3, -0.25) is 24.1 Å². The van der Waals surface area contributed by atoms with E-state index in [4.69, 9.17) is 0 Å². The van der Waals surface area contributed by atoms with Crippen LogP contribution in [0, 0.1) is 0 Å². The molecule has 2 aliphatic heterocycles. The summed E-state index contributed by atoms with van der Waals surface area (Å²) < 4.78 is 0. The summed E-state index contributed by atoms with van der Waals surface area (Å²) in [5.41, 5.74) is 0.820. The first kappa shape index (κ1) is 19.1. The number of hydrogen-bond acceptors (Lipinski definition) is 4. The first-order chi connectivity index (χ1) is 13.0. The molecule has 7 heteroatoms. The summed E-state index contributed by atoms with van der Waals surface area (Å²) in [6.07, 6.45) is 3.68. The molecule has 0 bridgehead atoms. The fourth-order valence-electron chi connectivity index (χ4n) is 3.60. The summed E-state index contributed by atoms with van der Waals surface area (Å²) in [5, 5.41) is 2.72. The fraction of sp³-hybridized carbons (Fsp3) is 0.500. The average Bonchev–Trinajstić information content (AvgIpc) is 2.93. The SMILES string of the molecule is C[C@@H](NC(=O)CCCN1C(=O)c2ccccc2C1=O)C(=O)N1CCCCC1. The zero-order valence-corrected chi connectivity index (χ0v) is 15.6. The van der Waals surface area contributed by atoms with Gasteiger partial charge in [-0.2, -0.15) is 0 Å². The highest BCUT2D eigenvalue weighted by Gasteiger charge is 2.34. The predicted octanol–water partition coefficient (Wildman–Crippen LogP) is 1.58. The molecular weight excluding hydrogens is 346 g/mol. The number of nitrogens with zero attached hydrogens (tertiary/aromatic N) is 2. The maximum absolute atomic E-state index is 12.3. The molecule has 1 aromatic rings. The van der Waals surface area contributed by atoms with Crippen LogP contribution in [0.2, 0.25) is 0 Å². The second kappa shape index (κ2) is 8.33. The molecule has 7 nitrogen and oxygen atoms in total. The van der Waals surface area contributed by atoms with Gasteiger partial charge in [0.15, 0.2) is 0 Å². The van der Waals surface area contributed by atoms with Crippen LogP contribution in [0.15, 0.2) is 24.3 Å². The van der Waals surface area contributed by atoms with Crippen molar-refractivity contribution in [3.8, 4) is 0 Å². The highest BCUT2D eigenvalue weighted by atomic mass is 16.2. The Morgan fingerprint density at radius 3 is 2.22 bits per heavy atom. The molecule has 0 aromatic heterocycles. The summed E-state index contributed by atoms with van der Waals surface area (Å²) in [7, 11) is 0. The van der Waals surface area contributed by atoms with Gasteiger partial charge in [0.25, 0.3) is 11.8 Å². The molecule has 0 radical (unpaired) electrons. The van der Waals surface area contributed by atoms with Crippen LogP contribution in [0.5, 0.6) is 0 Å². The monoisotopic (exact) mass is 371 g/mol. The Morgan fingerprint density at radius 2 is 1.63 bits per heavy atom. The van der Waals surface area contributed by atoms with Gasteiger partial charge in [0.1, 0.15) is 6.04 Å².